The number of carbonyl (C=O) groups is 2. The van der Waals surface area contributed by atoms with E-state index in [0.29, 0.717) is 0 Å². The number of H-pyrrole nitrogens is 1. The molecule has 4 N–H and O–H groups in total. The van der Waals surface area contributed by atoms with Gasteiger partial charge in [0, 0.05) is 25.1 Å². The third-order valence-electron chi connectivity index (χ3n) is 2.22. The molecule has 0 saturated carbocycles. The number of amides is 1. The Labute approximate surface area is 106 Å². The molecule has 0 aliphatic rings. The summed E-state index contributed by atoms with van der Waals surface area (Å²) in [6, 6.07) is 2.07. The number of aliphatic carboxylic acids is 1. The number of rotatable bonds is 6. The highest BCUT2D eigenvalue weighted by atomic mass is 16.4. The summed E-state index contributed by atoms with van der Waals surface area (Å²) in [4.78, 5) is 43.9. The van der Waals surface area contributed by atoms with E-state index >= 15 is 0 Å². The smallest absolute Gasteiger partial charge is 0.332 e. The molecule has 1 heterocycles. The van der Waals surface area contributed by atoms with Gasteiger partial charge in [0.1, 0.15) is 6.54 Å². The third-order valence-corrected chi connectivity index (χ3v) is 2.22. The molecular formula is C10H13N3O6. The largest absolute Gasteiger partial charge is 0.479 e. The van der Waals surface area contributed by atoms with Crippen molar-refractivity contribution in [2.45, 2.75) is 19.1 Å². The normalized spacial score (nSPS) is 11.8. The summed E-state index contributed by atoms with van der Waals surface area (Å²) in [7, 11) is 0. The lowest BCUT2D eigenvalue weighted by atomic mass is 10.2. The summed E-state index contributed by atoms with van der Waals surface area (Å²) in [6.45, 7) is -0.448. The molecule has 9 heteroatoms. The summed E-state index contributed by atoms with van der Waals surface area (Å²) in [5, 5.41) is 21.8. The number of aliphatic hydroxyl groups excluding tert-OH is 1. The highest BCUT2D eigenvalue weighted by Crippen LogP contribution is 1.89. The topological polar surface area (TPSA) is 141 Å². The van der Waals surface area contributed by atoms with E-state index in [9.17, 15) is 19.2 Å². The van der Waals surface area contributed by atoms with E-state index in [4.69, 9.17) is 10.2 Å². The number of hydrogen-bond acceptors (Lipinski definition) is 5. The summed E-state index contributed by atoms with van der Waals surface area (Å²) >= 11 is 0. The maximum atomic E-state index is 11.4. The Kier molecular flexibility index (Phi) is 5.01. The second kappa shape index (κ2) is 6.50. The predicted molar refractivity (Wildman–Crippen MR) is 62.6 cm³/mol. The Bertz CT molecular complexity index is 575. The molecule has 0 aliphatic heterocycles. The van der Waals surface area contributed by atoms with Gasteiger partial charge in [0.2, 0.25) is 5.91 Å². The van der Waals surface area contributed by atoms with Crippen LogP contribution in [0.3, 0.4) is 0 Å². The first-order chi connectivity index (χ1) is 8.90. The van der Waals surface area contributed by atoms with Gasteiger partial charge in [-0.15, -0.1) is 0 Å². The van der Waals surface area contributed by atoms with Crippen molar-refractivity contribution in [1.82, 2.24) is 15.1 Å². The number of carboxylic acids is 1. The Morgan fingerprint density at radius 2 is 2.05 bits per heavy atom. The fourth-order valence-electron chi connectivity index (χ4n) is 1.25. The fourth-order valence-corrected chi connectivity index (χ4v) is 1.25. The van der Waals surface area contributed by atoms with Crippen LogP contribution in [0.2, 0.25) is 0 Å². The average molecular weight is 271 g/mol. The molecular weight excluding hydrogens is 258 g/mol. The molecule has 0 aromatic carbocycles. The van der Waals surface area contributed by atoms with E-state index in [1.807, 2.05) is 0 Å². The van der Waals surface area contributed by atoms with Crippen molar-refractivity contribution >= 4 is 11.9 Å². The van der Waals surface area contributed by atoms with Crippen LogP contribution in [-0.4, -0.2) is 44.5 Å². The lowest BCUT2D eigenvalue weighted by molar-refractivity contribution is -0.147. The Hall–Kier alpha value is -2.42. The van der Waals surface area contributed by atoms with Crippen molar-refractivity contribution < 1.29 is 19.8 Å². The number of aromatic nitrogens is 2. The van der Waals surface area contributed by atoms with Crippen LogP contribution in [0.5, 0.6) is 0 Å². The first-order valence-corrected chi connectivity index (χ1v) is 5.38. The van der Waals surface area contributed by atoms with Gasteiger partial charge >= 0.3 is 5.97 Å². The summed E-state index contributed by atoms with van der Waals surface area (Å²) < 4.78 is 0.825. The molecule has 1 aromatic heterocycles. The van der Waals surface area contributed by atoms with Crippen LogP contribution >= 0.6 is 0 Å². The van der Waals surface area contributed by atoms with Crippen molar-refractivity contribution in [2.24, 2.45) is 0 Å². The van der Waals surface area contributed by atoms with E-state index in [-0.39, 0.29) is 13.0 Å². The number of nitrogens with zero attached hydrogens (tertiary/aromatic N) is 1. The van der Waals surface area contributed by atoms with Crippen LogP contribution < -0.4 is 16.4 Å². The van der Waals surface area contributed by atoms with E-state index in [1.165, 1.54) is 0 Å². The lowest BCUT2D eigenvalue weighted by Crippen LogP contribution is -2.37. The zero-order chi connectivity index (χ0) is 14.4. The molecule has 19 heavy (non-hydrogen) atoms. The number of hydrogen-bond donors (Lipinski definition) is 4. The summed E-state index contributed by atoms with van der Waals surface area (Å²) in [5.41, 5.74) is -1.06. The van der Waals surface area contributed by atoms with E-state index in [0.717, 1.165) is 16.8 Å². The van der Waals surface area contributed by atoms with Crippen LogP contribution in [0.1, 0.15) is 6.42 Å². The van der Waals surface area contributed by atoms with Gasteiger partial charge in [-0.05, 0) is 0 Å². The molecule has 1 amide bonds. The molecule has 9 nitrogen and oxygen atoms in total. The van der Waals surface area contributed by atoms with Gasteiger partial charge in [0.15, 0.2) is 6.10 Å². The fraction of sp³-hybridized carbons (Fsp3) is 0.400. The molecule has 104 valence electrons. The number of nitrogens with one attached hydrogen (secondary N) is 2. The maximum absolute atomic E-state index is 11.4. The summed E-state index contributed by atoms with van der Waals surface area (Å²) in [6.07, 6.45) is -1.71. The first-order valence-electron chi connectivity index (χ1n) is 5.38. The molecule has 1 atom stereocenters. The molecule has 0 spiro atoms. The van der Waals surface area contributed by atoms with Crippen LogP contribution in [0.15, 0.2) is 21.7 Å². The van der Waals surface area contributed by atoms with Gasteiger partial charge in [0.05, 0.1) is 0 Å². The van der Waals surface area contributed by atoms with E-state index in [1.54, 1.807) is 0 Å². The van der Waals surface area contributed by atoms with E-state index in [2.05, 4.69) is 10.4 Å². The number of carboxylic acid groups (broad SMARTS) is 1. The molecule has 0 radical (unpaired) electrons. The zero-order valence-electron chi connectivity index (χ0n) is 9.83. The highest BCUT2D eigenvalue weighted by Gasteiger charge is 2.13. The molecule has 0 fully saturated rings. The second-order valence-electron chi connectivity index (χ2n) is 3.73. The number of carbonyl (C=O) groups excluding carboxylic acids is 1. The van der Waals surface area contributed by atoms with E-state index < -0.39 is 35.6 Å². The van der Waals surface area contributed by atoms with Gasteiger partial charge < -0.3 is 15.5 Å². The monoisotopic (exact) mass is 271 g/mol. The lowest BCUT2D eigenvalue weighted by Gasteiger charge is -2.08. The van der Waals surface area contributed by atoms with Crippen molar-refractivity contribution in [2.75, 3.05) is 6.54 Å². The molecule has 1 rings (SSSR count). The van der Waals surface area contributed by atoms with Gasteiger partial charge in [-0.25, -0.2) is 9.48 Å². The predicted octanol–water partition coefficient (Wildman–Crippen LogP) is -2.51. The van der Waals surface area contributed by atoms with Crippen molar-refractivity contribution in [3.05, 3.63) is 32.8 Å². The molecule has 0 aliphatic carbocycles. The minimum absolute atomic E-state index is 0.0574. The molecule has 0 bridgehead atoms. The third kappa shape index (κ3) is 4.76. The van der Waals surface area contributed by atoms with Crippen LogP contribution in [0.25, 0.3) is 0 Å². The molecule has 0 unspecified atom stereocenters. The Morgan fingerprint density at radius 1 is 1.37 bits per heavy atom. The Morgan fingerprint density at radius 3 is 2.68 bits per heavy atom. The molecule has 0 saturated heterocycles. The van der Waals surface area contributed by atoms with Crippen molar-refractivity contribution in [3.8, 4) is 0 Å². The second-order valence-corrected chi connectivity index (χ2v) is 3.73. The van der Waals surface area contributed by atoms with Crippen molar-refractivity contribution in [3.63, 3.8) is 0 Å². The maximum Gasteiger partial charge on any atom is 0.332 e. The first kappa shape index (κ1) is 14.6. The average Bonchev–Trinajstić information content (AvgIpc) is 2.33. The zero-order valence-corrected chi connectivity index (χ0v) is 9.83. The number of aromatic amines is 1. The SMILES string of the molecule is O=C(Cn1[nH]c(=O)ccc1=O)NCC[C@H](O)C(=O)O. The van der Waals surface area contributed by atoms with Gasteiger partial charge in [-0.1, -0.05) is 0 Å². The summed E-state index contributed by atoms with van der Waals surface area (Å²) in [5.74, 6) is -1.96. The Balaban J connectivity index is 2.48. The van der Waals surface area contributed by atoms with Gasteiger partial charge in [0.25, 0.3) is 11.1 Å². The van der Waals surface area contributed by atoms with Crippen molar-refractivity contribution in [1.29, 1.82) is 0 Å². The van der Waals surface area contributed by atoms with Crippen LogP contribution in [-0.2, 0) is 16.1 Å². The quantitative estimate of drug-likeness (QED) is 0.450. The molecule has 1 aromatic rings. The van der Waals surface area contributed by atoms with Crippen LogP contribution in [0, 0.1) is 0 Å². The minimum Gasteiger partial charge on any atom is -0.479 e. The standard InChI is InChI=1S/C10H13N3O6/c14-6(10(18)19)3-4-11-8(16)5-13-9(17)2-1-7(15)12-13/h1-2,6,14H,3-5H2,(H,11,16)(H,12,15)(H,18,19)/t6-/m0/s1. The highest BCUT2D eigenvalue weighted by molar-refractivity contribution is 5.75. The van der Waals surface area contributed by atoms with Gasteiger partial charge in [-0.3, -0.25) is 19.5 Å². The minimum atomic E-state index is -1.56. The number of aliphatic hydroxyl groups is 1. The van der Waals surface area contributed by atoms with Crippen LogP contribution in [0.4, 0.5) is 0 Å². The van der Waals surface area contributed by atoms with Gasteiger partial charge in [-0.2, -0.15) is 0 Å².